The molecular formula is C29H20N2O3S. The average molecular weight is 477 g/mol. The van der Waals surface area contributed by atoms with E-state index in [1.165, 1.54) is 16.7 Å². The van der Waals surface area contributed by atoms with Gasteiger partial charge in [-0.2, -0.15) is 5.26 Å². The van der Waals surface area contributed by atoms with E-state index in [0.29, 0.717) is 34.3 Å². The van der Waals surface area contributed by atoms with Gasteiger partial charge in [-0.3, -0.25) is 0 Å². The van der Waals surface area contributed by atoms with Crippen molar-refractivity contribution in [1.82, 2.24) is 4.98 Å². The minimum atomic E-state index is -0.354. The molecule has 0 unspecified atom stereocenters. The Bertz CT molecular complexity index is 1590. The molecule has 0 fully saturated rings. The van der Waals surface area contributed by atoms with E-state index in [2.05, 4.69) is 30.3 Å². The third-order valence-electron chi connectivity index (χ3n) is 5.49. The highest BCUT2D eigenvalue weighted by Crippen LogP contribution is 2.30. The number of ether oxygens (including phenoxy) is 1. The Balaban J connectivity index is 1.37. The van der Waals surface area contributed by atoms with Crippen molar-refractivity contribution in [3.05, 3.63) is 101 Å². The molecule has 5 aromatic rings. The summed E-state index contributed by atoms with van der Waals surface area (Å²) in [6, 6.07) is 27.3. The van der Waals surface area contributed by atoms with E-state index in [4.69, 9.17) is 14.1 Å². The fourth-order valence-corrected chi connectivity index (χ4v) is 4.53. The van der Waals surface area contributed by atoms with E-state index >= 15 is 0 Å². The minimum Gasteiger partial charge on any atom is -0.462 e. The number of rotatable bonds is 6. The number of fused-ring (bicyclic) bond motifs is 1. The lowest BCUT2D eigenvalue weighted by Crippen LogP contribution is -2.03. The molecule has 0 aliphatic carbocycles. The number of furan rings is 1. The van der Waals surface area contributed by atoms with Crippen molar-refractivity contribution < 1.29 is 13.9 Å². The van der Waals surface area contributed by atoms with Crippen molar-refractivity contribution in [3.63, 3.8) is 0 Å². The first-order valence-corrected chi connectivity index (χ1v) is 12.0. The lowest BCUT2D eigenvalue weighted by molar-refractivity contribution is 0.0526. The first-order valence-electron chi connectivity index (χ1n) is 11.1. The molecule has 2 heterocycles. The van der Waals surface area contributed by atoms with Gasteiger partial charge in [0, 0.05) is 22.6 Å². The number of aromatic nitrogens is 1. The molecule has 170 valence electrons. The van der Waals surface area contributed by atoms with E-state index in [1.807, 2.05) is 35.7 Å². The van der Waals surface area contributed by atoms with Crippen LogP contribution in [-0.2, 0) is 4.74 Å². The third kappa shape index (κ3) is 4.77. The Morgan fingerprint density at radius 3 is 2.57 bits per heavy atom. The van der Waals surface area contributed by atoms with E-state index in [1.54, 1.807) is 37.3 Å². The summed E-state index contributed by atoms with van der Waals surface area (Å²) < 4.78 is 11.0. The maximum absolute atomic E-state index is 11.8. The topological polar surface area (TPSA) is 76.1 Å². The first kappa shape index (κ1) is 22.3. The van der Waals surface area contributed by atoms with Crippen molar-refractivity contribution >= 4 is 39.7 Å². The standard InChI is InChI=1S/C29H20N2O3S/c1-2-33-29(32)21-10-8-20(9-11-21)27-14-13-25(34-27)16-24(17-30)28-31-26(18-35-28)23-12-7-19-5-3-4-6-22(19)15-23/h3-16,18H,2H2,1H3/b24-16+. The van der Waals surface area contributed by atoms with Gasteiger partial charge in [-0.25, -0.2) is 9.78 Å². The molecule has 0 N–H and O–H groups in total. The van der Waals surface area contributed by atoms with E-state index in [9.17, 15) is 10.1 Å². The molecule has 0 aliphatic rings. The maximum atomic E-state index is 11.8. The molecule has 5 rings (SSSR count). The fraction of sp³-hybridized carbons (Fsp3) is 0.0690. The fourth-order valence-electron chi connectivity index (χ4n) is 3.73. The number of hydrogen-bond acceptors (Lipinski definition) is 6. The Morgan fingerprint density at radius 1 is 1.03 bits per heavy atom. The number of hydrogen-bond donors (Lipinski definition) is 0. The molecule has 3 aromatic carbocycles. The highest BCUT2D eigenvalue weighted by molar-refractivity contribution is 7.11. The quantitative estimate of drug-likeness (QED) is 0.188. The second kappa shape index (κ2) is 9.80. The van der Waals surface area contributed by atoms with Crippen molar-refractivity contribution in [2.45, 2.75) is 6.92 Å². The molecule has 0 spiro atoms. The predicted molar refractivity (Wildman–Crippen MR) is 139 cm³/mol. The number of nitrogens with zero attached hydrogens (tertiary/aromatic N) is 2. The van der Waals surface area contributed by atoms with Gasteiger partial charge < -0.3 is 9.15 Å². The number of allylic oxidation sites excluding steroid dienone is 1. The molecule has 5 nitrogen and oxygen atoms in total. The summed E-state index contributed by atoms with van der Waals surface area (Å²) in [5.74, 6) is 0.834. The van der Waals surface area contributed by atoms with Gasteiger partial charge in [-0.05, 0) is 48.0 Å². The van der Waals surface area contributed by atoms with Crippen LogP contribution < -0.4 is 0 Å². The smallest absolute Gasteiger partial charge is 0.338 e. The highest BCUT2D eigenvalue weighted by atomic mass is 32.1. The maximum Gasteiger partial charge on any atom is 0.338 e. The average Bonchev–Trinajstić information content (AvgIpc) is 3.57. The first-order chi connectivity index (χ1) is 17.1. The van der Waals surface area contributed by atoms with E-state index in [-0.39, 0.29) is 5.97 Å². The Morgan fingerprint density at radius 2 is 1.80 bits per heavy atom. The lowest BCUT2D eigenvalue weighted by atomic mass is 10.1. The number of esters is 1. The summed E-state index contributed by atoms with van der Waals surface area (Å²) in [4.78, 5) is 16.5. The van der Waals surface area contributed by atoms with Gasteiger partial charge in [0.15, 0.2) is 0 Å². The Hall–Kier alpha value is -4.47. The van der Waals surface area contributed by atoms with Crippen LogP contribution in [0.1, 0.15) is 28.0 Å². The SMILES string of the molecule is CCOC(=O)c1ccc(-c2ccc(/C=C(\C#N)c3nc(-c4ccc5ccccc5c4)cs3)o2)cc1. The molecule has 2 aromatic heterocycles. The van der Waals surface area contributed by atoms with Gasteiger partial charge in [0.05, 0.1) is 23.4 Å². The van der Waals surface area contributed by atoms with Crippen LogP contribution in [0.15, 0.2) is 88.7 Å². The lowest BCUT2D eigenvalue weighted by Gasteiger charge is -2.02. The van der Waals surface area contributed by atoms with Crippen molar-refractivity contribution in [2.24, 2.45) is 0 Å². The third-order valence-corrected chi connectivity index (χ3v) is 6.37. The molecule has 0 aliphatic heterocycles. The molecule has 0 atom stereocenters. The van der Waals surface area contributed by atoms with E-state index < -0.39 is 0 Å². The zero-order chi connectivity index (χ0) is 24.2. The van der Waals surface area contributed by atoms with Crippen molar-refractivity contribution in [1.29, 1.82) is 5.26 Å². The van der Waals surface area contributed by atoms with Crippen LogP contribution >= 0.6 is 11.3 Å². The summed E-state index contributed by atoms with van der Waals surface area (Å²) in [5, 5.41) is 14.7. The summed E-state index contributed by atoms with van der Waals surface area (Å²) >= 11 is 1.43. The van der Waals surface area contributed by atoms with Gasteiger partial charge in [0.25, 0.3) is 0 Å². The number of thiazole rings is 1. The van der Waals surface area contributed by atoms with Gasteiger partial charge in [0.1, 0.15) is 22.6 Å². The van der Waals surface area contributed by atoms with Gasteiger partial charge in [0.2, 0.25) is 0 Å². The van der Waals surface area contributed by atoms with Gasteiger partial charge >= 0.3 is 5.97 Å². The predicted octanol–water partition coefficient (Wildman–Crippen LogP) is 7.46. The molecule has 0 bridgehead atoms. The number of nitriles is 1. The monoisotopic (exact) mass is 476 g/mol. The molecule has 0 saturated carbocycles. The minimum absolute atomic E-state index is 0.332. The van der Waals surface area contributed by atoms with Crippen LogP contribution in [0.5, 0.6) is 0 Å². The zero-order valence-corrected chi connectivity index (χ0v) is 19.7. The van der Waals surface area contributed by atoms with Crippen molar-refractivity contribution in [2.75, 3.05) is 6.61 Å². The van der Waals surface area contributed by atoms with Gasteiger partial charge in [-0.15, -0.1) is 11.3 Å². The second-order valence-corrected chi connectivity index (χ2v) is 8.63. The molecular weight excluding hydrogens is 456 g/mol. The molecule has 0 radical (unpaired) electrons. The second-order valence-electron chi connectivity index (χ2n) is 7.77. The normalized spacial score (nSPS) is 11.4. The highest BCUT2D eigenvalue weighted by Gasteiger charge is 2.12. The van der Waals surface area contributed by atoms with Crippen LogP contribution in [0.4, 0.5) is 0 Å². The Labute approximate surface area is 206 Å². The van der Waals surface area contributed by atoms with Crippen LogP contribution in [0.25, 0.3) is 45.0 Å². The largest absolute Gasteiger partial charge is 0.462 e. The molecule has 0 amide bonds. The summed E-state index contributed by atoms with van der Waals surface area (Å²) in [6.07, 6.45) is 1.69. The van der Waals surface area contributed by atoms with Crippen LogP contribution in [0.3, 0.4) is 0 Å². The Kier molecular flexibility index (Phi) is 6.25. The number of carbonyl (C=O) groups excluding carboxylic acids is 1. The van der Waals surface area contributed by atoms with E-state index in [0.717, 1.165) is 22.2 Å². The summed E-state index contributed by atoms with van der Waals surface area (Å²) in [5.41, 5.74) is 3.58. The van der Waals surface area contributed by atoms with Crippen LogP contribution in [0, 0.1) is 11.3 Å². The van der Waals surface area contributed by atoms with Gasteiger partial charge in [-0.1, -0.05) is 48.5 Å². The zero-order valence-electron chi connectivity index (χ0n) is 18.9. The molecule has 6 heteroatoms. The number of carbonyl (C=O) groups is 1. The number of benzene rings is 3. The summed E-state index contributed by atoms with van der Waals surface area (Å²) in [7, 11) is 0. The van der Waals surface area contributed by atoms with Crippen LogP contribution in [-0.4, -0.2) is 17.6 Å². The van der Waals surface area contributed by atoms with Crippen LogP contribution in [0.2, 0.25) is 0 Å². The molecule has 0 saturated heterocycles. The molecule has 35 heavy (non-hydrogen) atoms. The summed E-state index contributed by atoms with van der Waals surface area (Å²) in [6.45, 7) is 2.11. The van der Waals surface area contributed by atoms with Crippen molar-refractivity contribution in [3.8, 4) is 28.7 Å².